The molecule has 1 aliphatic rings. The van der Waals surface area contributed by atoms with Crippen molar-refractivity contribution in [3.63, 3.8) is 0 Å². The fourth-order valence-corrected chi connectivity index (χ4v) is 4.05. The number of benzene rings is 2. The third-order valence-corrected chi connectivity index (χ3v) is 5.76. The molecule has 3 N–H and O–H groups in total. The van der Waals surface area contributed by atoms with Crippen molar-refractivity contribution in [2.24, 2.45) is 0 Å². The molecule has 3 rings (SSSR count). The minimum Gasteiger partial charge on any atom is -0.397 e. The quantitative estimate of drug-likeness (QED) is 0.423. The van der Waals surface area contributed by atoms with Crippen LogP contribution in [-0.4, -0.2) is 18.0 Å². The summed E-state index contributed by atoms with van der Waals surface area (Å²) in [5.74, 6) is 0. The molecule has 6 heteroatoms. The maximum atomic E-state index is 6.28. The van der Waals surface area contributed by atoms with Crippen molar-refractivity contribution >= 4 is 50.5 Å². The van der Waals surface area contributed by atoms with Gasteiger partial charge in [0.25, 0.3) is 0 Å². The average Bonchev–Trinajstić information content (AvgIpc) is 2.75. The van der Waals surface area contributed by atoms with Crippen LogP contribution in [-0.2, 0) is 6.54 Å². The van der Waals surface area contributed by atoms with Crippen molar-refractivity contribution in [3.05, 3.63) is 67.6 Å². The predicted molar refractivity (Wildman–Crippen MR) is 116 cm³/mol. The maximum absolute atomic E-state index is 6.28. The molecule has 1 atom stereocenters. The summed E-state index contributed by atoms with van der Waals surface area (Å²) in [6, 6.07) is 10.1. The van der Waals surface area contributed by atoms with E-state index in [0.717, 1.165) is 41.0 Å². The lowest BCUT2D eigenvalue weighted by Gasteiger charge is -2.29. The molecule has 3 nitrogen and oxygen atoms in total. The molecule has 0 bridgehead atoms. The number of anilines is 2. The first-order valence-corrected chi connectivity index (χ1v) is 10.0. The SMILES string of the molecule is CC(C)=CCN1Cc2cc(Br)cc(N)c2NCC1c1ccc(Cl)c(Cl)c1. The number of fused-ring (bicyclic) bond motifs is 1. The second kappa shape index (κ2) is 8.22. The van der Waals surface area contributed by atoms with Crippen LogP contribution in [0.2, 0.25) is 10.0 Å². The van der Waals surface area contributed by atoms with Crippen molar-refractivity contribution in [2.75, 3.05) is 24.1 Å². The van der Waals surface area contributed by atoms with E-state index in [-0.39, 0.29) is 6.04 Å². The van der Waals surface area contributed by atoms with Gasteiger partial charge < -0.3 is 11.1 Å². The Labute approximate surface area is 173 Å². The summed E-state index contributed by atoms with van der Waals surface area (Å²) in [4.78, 5) is 2.43. The molecule has 26 heavy (non-hydrogen) atoms. The largest absolute Gasteiger partial charge is 0.397 e. The molecule has 0 aliphatic carbocycles. The van der Waals surface area contributed by atoms with E-state index in [0.29, 0.717) is 10.0 Å². The third kappa shape index (κ3) is 4.37. The lowest BCUT2D eigenvalue weighted by atomic mass is 10.0. The Morgan fingerprint density at radius 3 is 2.73 bits per heavy atom. The van der Waals surface area contributed by atoms with E-state index in [4.69, 9.17) is 28.9 Å². The lowest BCUT2D eigenvalue weighted by Crippen LogP contribution is -2.31. The molecule has 0 spiro atoms. The van der Waals surface area contributed by atoms with Crippen molar-refractivity contribution < 1.29 is 0 Å². The zero-order chi connectivity index (χ0) is 18.8. The first-order valence-electron chi connectivity index (χ1n) is 8.49. The van der Waals surface area contributed by atoms with Gasteiger partial charge in [-0.25, -0.2) is 0 Å². The normalized spacial score (nSPS) is 17.2. The van der Waals surface area contributed by atoms with Crippen molar-refractivity contribution in [3.8, 4) is 0 Å². The number of halogens is 3. The van der Waals surface area contributed by atoms with Gasteiger partial charge in [0.05, 0.1) is 27.5 Å². The number of rotatable bonds is 3. The summed E-state index contributed by atoms with van der Waals surface area (Å²) in [6.45, 7) is 6.62. The van der Waals surface area contributed by atoms with Gasteiger partial charge in [0.15, 0.2) is 0 Å². The first-order chi connectivity index (χ1) is 12.3. The highest BCUT2D eigenvalue weighted by Gasteiger charge is 2.26. The van der Waals surface area contributed by atoms with Gasteiger partial charge in [0.1, 0.15) is 0 Å². The van der Waals surface area contributed by atoms with Crippen molar-refractivity contribution in [1.29, 1.82) is 0 Å². The molecule has 1 unspecified atom stereocenters. The van der Waals surface area contributed by atoms with E-state index in [9.17, 15) is 0 Å². The smallest absolute Gasteiger partial charge is 0.0621 e. The molecule has 0 radical (unpaired) electrons. The summed E-state index contributed by atoms with van der Waals surface area (Å²) < 4.78 is 0.991. The summed E-state index contributed by atoms with van der Waals surface area (Å²) in [5.41, 5.74) is 11.6. The van der Waals surface area contributed by atoms with Crippen molar-refractivity contribution in [1.82, 2.24) is 4.90 Å². The first kappa shape index (κ1) is 19.6. The van der Waals surface area contributed by atoms with Gasteiger partial charge in [-0.1, -0.05) is 56.8 Å². The Morgan fingerprint density at radius 1 is 1.27 bits per heavy atom. The maximum Gasteiger partial charge on any atom is 0.0621 e. The molecule has 138 valence electrons. The third-order valence-electron chi connectivity index (χ3n) is 4.56. The molecule has 1 heterocycles. The van der Waals surface area contributed by atoms with Gasteiger partial charge >= 0.3 is 0 Å². The number of hydrogen-bond acceptors (Lipinski definition) is 3. The van der Waals surface area contributed by atoms with Crippen LogP contribution in [0.15, 0.2) is 46.5 Å². The Kier molecular flexibility index (Phi) is 6.18. The highest BCUT2D eigenvalue weighted by atomic mass is 79.9. The molecule has 0 saturated heterocycles. The molecule has 1 aliphatic heterocycles. The van der Waals surface area contributed by atoms with Gasteiger partial charge in [0, 0.05) is 24.1 Å². The molecule has 2 aromatic rings. The van der Waals surface area contributed by atoms with Gasteiger partial charge in [0.2, 0.25) is 0 Å². The van der Waals surface area contributed by atoms with Crippen LogP contribution in [0.25, 0.3) is 0 Å². The standard InChI is InChI=1S/C20H22BrCl2N3/c1-12(2)5-6-26-11-14-7-15(21)9-18(24)20(14)25-10-19(26)13-3-4-16(22)17(23)8-13/h3-5,7-9,19,25H,6,10-11,24H2,1-2H3. The zero-order valence-corrected chi connectivity index (χ0v) is 17.9. The number of hydrogen-bond donors (Lipinski definition) is 2. The number of allylic oxidation sites excluding steroid dienone is 1. The van der Waals surface area contributed by atoms with Crippen LogP contribution in [0, 0.1) is 0 Å². The van der Waals surface area contributed by atoms with E-state index in [1.807, 2.05) is 24.3 Å². The minimum absolute atomic E-state index is 0.158. The minimum atomic E-state index is 0.158. The topological polar surface area (TPSA) is 41.3 Å². The number of nitrogen functional groups attached to an aromatic ring is 1. The monoisotopic (exact) mass is 453 g/mol. The van der Waals surface area contributed by atoms with Crippen LogP contribution >= 0.6 is 39.1 Å². The van der Waals surface area contributed by atoms with Gasteiger partial charge in [-0.2, -0.15) is 0 Å². The van der Waals surface area contributed by atoms with Crippen LogP contribution in [0.1, 0.15) is 31.0 Å². The molecular weight excluding hydrogens is 433 g/mol. The zero-order valence-electron chi connectivity index (χ0n) is 14.8. The summed E-state index contributed by atoms with van der Waals surface area (Å²) in [7, 11) is 0. The summed E-state index contributed by atoms with van der Waals surface area (Å²) in [6.07, 6.45) is 2.25. The average molecular weight is 455 g/mol. The van der Waals surface area contributed by atoms with Gasteiger partial charge in [-0.3, -0.25) is 4.90 Å². The molecule has 2 aromatic carbocycles. The Bertz CT molecular complexity index is 847. The molecular formula is C20H22BrCl2N3. The Balaban J connectivity index is 2.01. The second-order valence-corrected chi connectivity index (χ2v) is 8.54. The fraction of sp³-hybridized carbons (Fsp3) is 0.300. The second-order valence-electron chi connectivity index (χ2n) is 6.81. The molecule has 0 saturated carbocycles. The molecule has 0 amide bonds. The number of nitrogens with one attached hydrogen (secondary N) is 1. The summed E-state index contributed by atoms with van der Waals surface area (Å²) in [5, 5.41) is 4.69. The van der Waals surface area contributed by atoms with E-state index < -0.39 is 0 Å². The Hall–Kier alpha value is -1.20. The fourth-order valence-electron chi connectivity index (χ4n) is 3.22. The van der Waals surface area contributed by atoms with Crippen LogP contribution in [0.5, 0.6) is 0 Å². The van der Waals surface area contributed by atoms with Gasteiger partial charge in [-0.15, -0.1) is 0 Å². The summed E-state index contributed by atoms with van der Waals surface area (Å²) >= 11 is 15.9. The molecule has 0 fully saturated rings. The highest BCUT2D eigenvalue weighted by molar-refractivity contribution is 9.10. The highest BCUT2D eigenvalue weighted by Crippen LogP contribution is 2.36. The van der Waals surface area contributed by atoms with E-state index in [2.05, 4.69) is 52.1 Å². The molecule has 0 aromatic heterocycles. The van der Waals surface area contributed by atoms with Crippen molar-refractivity contribution in [2.45, 2.75) is 26.4 Å². The van der Waals surface area contributed by atoms with E-state index >= 15 is 0 Å². The van der Waals surface area contributed by atoms with E-state index in [1.54, 1.807) is 0 Å². The number of nitrogens with two attached hydrogens (primary N) is 1. The Morgan fingerprint density at radius 2 is 2.04 bits per heavy atom. The van der Waals surface area contributed by atoms with E-state index in [1.165, 1.54) is 11.1 Å². The lowest BCUT2D eigenvalue weighted by molar-refractivity contribution is 0.223. The van der Waals surface area contributed by atoms with Crippen LogP contribution < -0.4 is 11.1 Å². The predicted octanol–water partition coefficient (Wildman–Crippen LogP) is 6.27. The van der Waals surface area contributed by atoms with Gasteiger partial charge in [-0.05, 0) is 49.2 Å². The van der Waals surface area contributed by atoms with Crippen LogP contribution in [0.3, 0.4) is 0 Å². The van der Waals surface area contributed by atoms with Crippen LogP contribution in [0.4, 0.5) is 11.4 Å². The number of nitrogens with zero attached hydrogens (tertiary/aromatic N) is 1.